The number of carbonyl (C=O) groups excluding carboxylic acids is 2. The van der Waals surface area contributed by atoms with E-state index >= 15 is 0 Å². The zero-order valence-electron chi connectivity index (χ0n) is 15.4. The van der Waals surface area contributed by atoms with Gasteiger partial charge in [0.1, 0.15) is 6.04 Å². The van der Waals surface area contributed by atoms with Gasteiger partial charge in [-0.3, -0.25) is 9.59 Å². The van der Waals surface area contributed by atoms with Gasteiger partial charge >= 0.3 is 0 Å². The lowest BCUT2D eigenvalue weighted by molar-refractivity contribution is -0.139. The summed E-state index contributed by atoms with van der Waals surface area (Å²) in [5.74, 6) is -0.297. The minimum absolute atomic E-state index is 0.128. The van der Waals surface area contributed by atoms with E-state index in [2.05, 4.69) is 5.32 Å². The van der Waals surface area contributed by atoms with Crippen LogP contribution in [0.3, 0.4) is 0 Å². The van der Waals surface area contributed by atoms with Crippen LogP contribution >= 0.6 is 0 Å². The fourth-order valence-corrected chi connectivity index (χ4v) is 2.80. The molecule has 2 rings (SSSR count). The average molecular weight is 354 g/mol. The molecule has 1 atom stereocenters. The van der Waals surface area contributed by atoms with Crippen LogP contribution in [0.4, 0.5) is 0 Å². The first-order valence-corrected chi connectivity index (χ1v) is 8.73. The molecule has 0 unspecified atom stereocenters. The number of amides is 2. The second-order valence-corrected chi connectivity index (χ2v) is 6.12. The lowest BCUT2D eigenvalue weighted by Crippen LogP contribution is -2.50. The first-order chi connectivity index (χ1) is 12.6. The van der Waals surface area contributed by atoms with Gasteiger partial charge in [0, 0.05) is 33.5 Å². The number of nitrogens with zero attached hydrogens (tertiary/aromatic N) is 1. The quantitative estimate of drug-likeness (QED) is 0.704. The number of carbonyl (C=O) groups is 2. The first kappa shape index (κ1) is 19.7. The molecule has 0 saturated heterocycles. The average Bonchev–Trinajstić information content (AvgIpc) is 2.66. The Kier molecular flexibility index (Phi) is 7.83. The number of benzene rings is 2. The van der Waals surface area contributed by atoms with Crippen molar-refractivity contribution >= 4 is 11.8 Å². The van der Waals surface area contributed by atoms with Crippen LogP contribution in [-0.2, 0) is 27.3 Å². The van der Waals surface area contributed by atoms with Gasteiger partial charge in [0.25, 0.3) is 0 Å². The first-order valence-electron chi connectivity index (χ1n) is 8.73. The van der Waals surface area contributed by atoms with Crippen LogP contribution < -0.4 is 5.32 Å². The van der Waals surface area contributed by atoms with Gasteiger partial charge in [-0.2, -0.15) is 0 Å². The van der Waals surface area contributed by atoms with Crippen LogP contribution in [0.15, 0.2) is 60.7 Å². The van der Waals surface area contributed by atoms with Crippen LogP contribution in [0.1, 0.15) is 18.1 Å². The topological polar surface area (TPSA) is 58.6 Å². The third kappa shape index (κ3) is 6.01. The highest BCUT2D eigenvalue weighted by Gasteiger charge is 2.28. The fraction of sp³-hybridized carbons (Fsp3) is 0.333. The number of ether oxygens (including phenoxy) is 1. The fourth-order valence-electron chi connectivity index (χ4n) is 2.80. The standard InChI is InChI=1S/C21H26N2O3/c1-17(24)23(16-19-11-7-4-8-12-19)20(21(25)22-13-14-26-2)15-18-9-5-3-6-10-18/h3-12,20H,13-16H2,1-2H3,(H,22,25)/t20-/m1/s1. The zero-order chi connectivity index (χ0) is 18.8. The summed E-state index contributed by atoms with van der Waals surface area (Å²) in [5.41, 5.74) is 2.00. The van der Waals surface area contributed by atoms with Gasteiger partial charge < -0.3 is 15.0 Å². The maximum absolute atomic E-state index is 12.8. The van der Waals surface area contributed by atoms with Crippen LogP contribution in [0.25, 0.3) is 0 Å². The summed E-state index contributed by atoms with van der Waals surface area (Å²) in [4.78, 5) is 26.8. The molecule has 0 spiro atoms. The van der Waals surface area contributed by atoms with Crippen molar-refractivity contribution in [1.82, 2.24) is 10.2 Å². The van der Waals surface area contributed by atoms with Crippen LogP contribution in [0.5, 0.6) is 0 Å². The Balaban J connectivity index is 2.22. The van der Waals surface area contributed by atoms with Gasteiger partial charge in [0.05, 0.1) is 6.61 Å². The minimum atomic E-state index is -0.577. The second-order valence-electron chi connectivity index (χ2n) is 6.12. The maximum atomic E-state index is 12.8. The summed E-state index contributed by atoms with van der Waals surface area (Å²) in [6.07, 6.45) is 0.464. The molecule has 0 heterocycles. The second kappa shape index (κ2) is 10.4. The summed E-state index contributed by atoms with van der Waals surface area (Å²) >= 11 is 0. The molecule has 26 heavy (non-hydrogen) atoms. The molecule has 2 aromatic carbocycles. The van der Waals surface area contributed by atoms with Gasteiger partial charge in [0.15, 0.2) is 0 Å². The molecule has 1 N–H and O–H groups in total. The number of nitrogens with one attached hydrogen (secondary N) is 1. The van der Waals surface area contributed by atoms with Crippen molar-refractivity contribution < 1.29 is 14.3 Å². The third-order valence-electron chi connectivity index (χ3n) is 4.16. The zero-order valence-corrected chi connectivity index (χ0v) is 15.4. The molecule has 0 saturated carbocycles. The van der Waals surface area contributed by atoms with Crippen molar-refractivity contribution in [2.75, 3.05) is 20.3 Å². The van der Waals surface area contributed by atoms with Crippen molar-refractivity contribution in [2.45, 2.75) is 25.9 Å². The Hall–Kier alpha value is -2.66. The van der Waals surface area contributed by atoms with E-state index < -0.39 is 6.04 Å². The monoisotopic (exact) mass is 354 g/mol. The summed E-state index contributed by atoms with van der Waals surface area (Å²) in [6.45, 7) is 2.75. The predicted octanol–water partition coefficient (Wildman–Crippen LogP) is 2.41. The van der Waals surface area contributed by atoms with E-state index in [1.54, 1.807) is 12.0 Å². The molecule has 0 fully saturated rings. The Labute approximate surface area is 155 Å². The van der Waals surface area contributed by atoms with E-state index in [9.17, 15) is 9.59 Å². The van der Waals surface area contributed by atoms with Crippen molar-refractivity contribution in [3.63, 3.8) is 0 Å². The largest absolute Gasteiger partial charge is 0.383 e. The molecular formula is C21H26N2O3. The highest BCUT2D eigenvalue weighted by molar-refractivity contribution is 5.87. The highest BCUT2D eigenvalue weighted by Crippen LogP contribution is 2.14. The number of hydrogen-bond acceptors (Lipinski definition) is 3. The van der Waals surface area contributed by atoms with Crippen LogP contribution in [0.2, 0.25) is 0 Å². The summed E-state index contributed by atoms with van der Waals surface area (Å²) in [6, 6.07) is 18.9. The van der Waals surface area contributed by atoms with E-state index in [1.165, 1.54) is 6.92 Å². The van der Waals surface area contributed by atoms with Gasteiger partial charge in [0.2, 0.25) is 11.8 Å². The molecule has 5 nitrogen and oxygen atoms in total. The normalized spacial score (nSPS) is 11.6. The van der Waals surface area contributed by atoms with Gasteiger partial charge in [-0.05, 0) is 11.1 Å². The van der Waals surface area contributed by atoms with E-state index in [-0.39, 0.29) is 11.8 Å². The molecule has 2 aromatic rings. The summed E-state index contributed by atoms with van der Waals surface area (Å²) in [7, 11) is 1.59. The molecule has 0 aromatic heterocycles. The molecule has 2 amide bonds. The predicted molar refractivity (Wildman–Crippen MR) is 101 cm³/mol. The van der Waals surface area contributed by atoms with Gasteiger partial charge in [-0.25, -0.2) is 0 Å². The Bertz CT molecular complexity index is 689. The molecule has 0 aliphatic carbocycles. The molecule has 0 radical (unpaired) electrons. The highest BCUT2D eigenvalue weighted by atomic mass is 16.5. The number of hydrogen-bond donors (Lipinski definition) is 1. The molecule has 5 heteroatoms. The lowest BCUT2D eigenvalue weighted by Gasteiger charge is -2.30. The number of rotatable bonds is 9. The van der Waals surface area contributed by atoms with Crippen molar-refractivity contribution in [1.29, 1.82) is 0 Å². The molecular weight excluding hydrogens is 328 g/mol. The Morgan fingerprint density at radius 2 is 1.58 bits per heavy atom. The van der Waals surface area contributed by atoms with Crippen LogP contribution in [0, 0.1) is 0 Å². The van der Waals surface area contributed by atoms with E-state index in [1.807, 2.05) is 60.7 Å². The molecule has 0 aliphatic rings. The van der Waals surface area contributed by atoms with Crippen LogP contribution in [-0.4, -0.2) is 43.0 Å². The molecule has 0 aliphatic heterocycles. The maximum Gasteiger partial charge on any atom is 0.243 e. The number of methoxy groups -OCH3 is 1. The third-order valence-corrected chi connectivity index (χ3v) is 4.16. The van der Waals surface area contributed by atoms with E-state index in [4.69, 9.17) is 4.74 Å². The molecule has 0 bridgehead atoms. The van der Waals surface area contributed by atoms with E-state index in [0.29, 0.717) is 26.1 Å². The minimum Gasteiger partial charge on any atom is -0.383 e. The molecule has 138 valence electrons. The lowest BCUT2D eigenvalue weighted by atomic mass is 10.0. The summed E-state index contributed by atoms with van der Waals surface area (Å²) in [5, 5.41) is 2.87. The SMILES string of the molecule is COCCNC(=O)[C@@H](Cc1ccccc1)N(Cc1ccccc1)C(C)=O. The van der Waals surface area contributed by atoms with Crippen molar-refractivity contribution in [3.05, 3.63) is 71.8 Å². The van der Waals surface area contributed by atoms with Crippen molar-refractivity contribution in [2.24, 2.45) is 0 Å². The Morgan fingerprint density at radius 3 is 2.12 bits per heavy atom. The van der Waals surface area contributed by atoms with Gasteiger partial charge in [-0.1, -0.05) is 60.7 Å². The van der Waals surface area contributed by atoms with Gasteiger partial charge in [-0.15, -0.1) is 0 Å². The van der Waals surface area contributed by atoms with E-state index in [0.717, 1.165) is 11.1 Å². The summed E-state index contributed by atoms with van der Waals surface area (Å²) < 4.78 is 5.00. The van der Waals surface area contributed by atoms with Crippen molar-refractivity contribution in [3.8, 4) is 0 Å². The Morgan fingerprint density at radius 1 is 1.00 bits per heavy atom. The smallest absolute Gasteiger partial charge is 0.243 e.